The van der Waals surface area contributed by atoms with Crippen LogP contribution in [0.1, 0.15) is 43.9 Å². The molecule has 3 aromatic rings. The van der Waals surface area contributed by atoms with E-state index < -0.39 is 17.8 Å². The number of halogens is 1. The van der Waals surface area contributed by atoms with Crippen molar-refractivity contribution in [2.45, 2.75) is 32.8 Å². The number of methoxy groups -OCH3 is 2. The van der Waals surface area contributed by atoms with Gasteiger partial charge in [0.1, 0.15) is 11.6 Å². The molecule has 2 aromatic carbocycles. The van der Waals surface area contributed by atoms with Crippen LogP contribution in [0.2, 0.25) is 0 Å². The Morgan fingerprint density at radius 1 is 1.13 bits per heavy atom. The first-order valence-electron chi connectivity index (χ1n) is 11.7. The minimum absolute atomic E-state index is 0.306. The minimum Gasteiger partial charge on any atom is -0.493 e. The Kier molecular flexibility index (Phi) is 8.80. The summed E-state index contributed by atoms with van der Waals surface area (Å²) in [6, 6.07) is 11.5. The van der Waals surface area contributed by atoms with Crippen molar-refractivity contribution < 1.29 is 28.6 Å². The number of carbonyl (C=O) groups excluding carboxylic acids is 3. The van der Waals surface area contributed by atoms with Gasteiger partial charge in [0.05, 0.1) is 30.5 Å². The van der Waals surface area contributed by atoms with Gasteiger partial charge in [-0.15, -0.1) is 11.3 Å². The molecule has 0 aliphatic heterocycles. The lowest BCUT2D eigenvalue weighted by Crippen LogP contribution is -2.32. The highest BCUT2D eigenvalue weighted by atomic mass is 79.9. The Hall–Kier alpha value is -3.70. The Balaban J connectivity index is 1.39. The van der Waals surface area contributed by atoms with Gasteiger partial charge in [0, 0.05) is 4.88 Å². The van der Waals surface area contributed by atoms with Crippen molar-refractivity contribution in [2.75, 3.05) is 19.5 Å². The number of nitrogens with zero attached hydrogens (tertiary/aromatic N) is 1. The number of fused-ring (bicyclic) bond motifs is 1. The van der Waals surface area contributed by atoms with Gasteiger partial charge >= 0.3 is 17.8 Å². The van der Waals surface area contributed by atoms with Crippen molar-refractivity contribution in [3.05, 3.63) is 73.6 Å². The molecular weight excluding hydrogens is 574 g/mol. The van der Waals surface area contributed by atoms with Crippen molar-refractivity contribution in [3.63, 3.8) is 0 Å². The van der Waals surface area contributed by atoms with Crippen LogP contribution in [-0.2, 0) is 33.8 Å². The number of hydrogen-bond donors (Lipinski definition) is 2. The Bertz CT molecular complexity index is 1420. The van der Waals surface area contributed by atoms with E-state index in [2.05, 4.69) is 31.8 Å². The van der Waals surface area contributed by atoms with Gasteiger partial charge in [-0.1, -0.05) is 29.8 Å². The maximum absolute atomic E-state index is 12.5. The zero-order chi connectivity index (χ0) is 27.2. The number of nitrogens with one attached hydrogen (secondary N) is 2. The molecular formula is C27H26BrN3O6S. The Labute approximate surface area is 232 Å². The number of aryl methyl sites for hydroxylation is 2. The molecule has 0 spiro atoms. The van der Waals surface area contributed by atoms with Crippen LogP contribution in [0.25, 0.3) is 0 Å². The molecule has 1 aromatic heterocycles. The third-order valence-corrected chi connectivity index (χ3v) is 7.64. The maximum Gasteiger partial charge on any atom is 0.341 e. The summed E-state index contributed by atoms with van der Waals surface area (Å²) >= 11 is 4.78. The summed E-state index contributed by atoms with van der Waals surface area (Å²) in [5.41, 5.74) is 6.16. The van der Waals surface area contributed by atoms with Crippen LogP contribution in [0.4, 0.5) is 5.00 Å². The van der Waals surface area contributed by atoms with Gasteiger partial charge in [-0.05, 0) is 70.9 Å². The van der Waals surface area contributed by atoms with Crippen molar-refractivity contribution >= 4 is 56.3 Å². The number of rotatable bonds is 8. The van der Waals surface area contributed by atoms with E-state index in [0.717, 1.165) is 40.8 Å². The van der Waals surface area contributed by atoms with Gasteiger partial charge in [0.15, 0.2) is 11.5 Å². The molecule has 1 aliphatic rings. The first kappa shape index (κ1) is 27.3. The smallest absolute Gasteiger partial charge is 0.341 e. The van der Waals surface area contributed by atoms with E-state index in [-0.39, 0.29) is 0 Å². The minimum atomic E-state index is -0.977. The zero-order valence-electron chi connectivity index (χ0n) is 21.1. The van der Waals surface area contributed by atoms with Crippen LogP contribution >= 0.6 is 27.3 Å². The fourth-order valence-electron chi connectivity index (χ4n) is 4.10. The lowest BCUT2D eigenvalue weighted by atomic mass is 10.1. The van der Waals surface area contributed by atoms with Crippen LogP contribution in [0.5, 0.6) is 11.5 Å². The molecule has 0 saturated heterocycles. The summed E-state index contributed by atoms with van der Waals surface area (Å²) in [5.74, 6) is -1.46. The number of carbonyl (C=O) groups is 3. The SMILES string of the molecule is COC(=O)c1c(NC(=O)C(=O)N/N=C/c2cc(Br)c(OCc3cccc(C)c3)c(OC)c2)sc2c1CCC2. The van der Waals surface area contributed by atoms with Gasteiger partial charge in [0.2, 0.25) is 0 Å². The molecule has 0 saturated carbocycles. The number of hydrogen-bond acceptors (Lipinski definition) is 8. The van der Waals surface area contributed by atoms with Gasteiger partial charge in [-0.3, -0.25) is 9.59 Å². The standard InChI is InChI=1S/C27H26BrN3O6S/c1-15-6-4-7-16(10-15)14-37-23-19(28)11-17(12-20(23)35-2)13-29-31-25(33)24(32)30-26-22(27(34)36-3)18-8-5-9-21(18)38-26/h4,6-7,10-13H,5,8-9,14H2,1-3H3,(H,30,32)(H,31,33)/b29-13+. The molecule has 0 bridgehead atoms. The topological polar surface area (TPSA) is 115 Å². The second kappa shape index (κ2) is 12.2. The quantitative estimate of drug-likeness (QED) is 0.167. The third-order valence-electron chi connectivity index (χ3n) is 5.84. The van der Waals surface area contributed by atoms with Crippen molar-refractivity contribution in [1.82, 2.24) is 5.43 Å². The average Bonchev–Trinajstić information content (AvgIpc) is 3.48. The normalized spacial score (nSPS) is 12.2. The van der Waals surface area contributed by atoms with Crippen LogP contribution < -0.4 is 20.2 Å². The zero-order valence-corrected chi connectivity index (χ0v) is 23.5. The predicted octanol–water partition coefficient (Wildman–Crippen LogP) is 4.77. The maximum atomic E-state index is 12.5. The summed E-state index contributed by atoms with van der Waals surface area (Å²) in [4.78, 5) is 38.1. The van der Waals surface area contributed by atoms with Crippen LogP contribution in [0.15, 0.2) is 46.0 Å². The first-order valence-corrected chi connectivity index (χ1v) is 13.3. The summed E-state index contributed by atoms with van der Waals surface area (Å²) in [6.07, 6.45) is 3.88. The van der Waals surface area contributed by atoms with E-state index in [1.165, 1.54) is 31.8 Å². The van der Waals surface area contributed by atoms with Crippen molar-refractivity contribution in [3.8, 4) is 11.5 Å². The van der Waals surface area contributed by atoms with E-state index in [9.17, 15) is 14.4 Å². The summed E-state index contributed by atoms with van der Waals surface area (Å²) in [6.45, 7) is 2.38. The monoisotopic (exact) mass is 599 g/mol. The predicted molar refractivity (Wildman–Crippen MR) is 148 cm³/mol. The van der Waals surface area contributed by atoms with Crippen LogP contribution in [-0.4, -0.2) is 38.2 Å². The fourth-order valence-corrected chi connectivity index (χ4v) is 5.94. The van der Waals surface area contributed by atoms with Gasteiger partial charge in [-0.2, -0.15) is 5.10 Å². The summed E-state index contributed by atoms with van der Waals surface area (Å²) in [5, 5.41) is 6.71. The third kappa shape index (κ3) is 6.22. The highest BCUT2D eigenvalue weighted by molar-refractivity contribution is 9.10. The molecule has 198 valence electrons. The number of ether oxygens (including phenoxy) is 3. The number of hydrazone groups is 1. The van der Waals surface area contributed by atoms with E-state index in [1.807, 2.05) is 31.2 Å². The molecule has 2 amide bonds. The average molecular weight is 600 g/mol. The molecule has 0 unspecified atom stereocenters. The molecule has 38 heavy (non-hydrogen) atoms. The molecule has 11 heteroatoms. The van der Waals surface area contributed by atoms with Crippen molar-refractivity contribution in [1.29, 1.82) is 0 Å². The number of amides is 2. The fraction of sp³-hybridized carbons (Fsp3) is 0.259. The van der Waals surface area contributed by atoms with E-state index >= 15 is 0 Å². The van der Waals surface area contributed by atoms with Gasteiger partial charge < -0.3 is 19.5 Å². The molecule has 2 N–H and O–H groups in total. The lowest BCUT2D eigenvalue weighted by molar-refractivity contribution is -0.136. The number of anilines is 1. The van der Waals surface area contributed by atoms with E-state index in [0.29, 0.717) is 38.7 Å². The second-order valence-electron chi connectivity index (χ2n) is 8.52. The highest BCUT2D eigenvalue weighted by Crippen LogP contribution is 2.39. The largest absolute Gasteiger partial charge is 0.493 e. The molecule has 1 aliphatic carbocycles. The lowest BCUT2D eigenvalue weighted by Gasteiger charge is -2.14. The number of thiophene rings is 1. The Morgan fingerprint density at radius 3 is 2.68 bits per heavy atom. The molecule has 9 nitrogen and oxygen atoms in total. The molecule has 4 rings (SSSR count). The molecule has 0 radical (unpaired) electrons. The second-order valence-corrected chi connectivity index (χ2v) is 10.5. The van der Waals surface area contributed by atoms with Gasteiger partial charge in [0.25, 0.3) is 0 Å². The van der Waals surface area contributed by atoms with Crippen LogP contribution in [0.3, 0.4) is 0 Å². The van der Waals surface area contributed by atoms with E-state index in [1.54, 1.807) is 12.1 Å². The van der Waals surface area contributed by atoms with Gasteiger partial charge in [-0.25, -0.2) is 10.2 Å². The summed E-state index contributed by atoms with van der Waals surface area (Å²) < 4.78 is 16.9. The van der Waals surface area contributed by atoms with E-state index in [4.69, 9.17) is 14.2 Å². The number of esters is 1. The molecule has 0 atom stereocenters. The first-order chi connectivity index (χ1) is 18.3. The summed E-state index contributed by atoms with van der Waals surface area (Å²) in [7, 11) is 2.81. The van der Waals surface area contributed by atoms with Crippen molar-refractivity contribution in [2.24, 2.45) is 5.10 Å². The Morgan fingerprint density at radius 2 is 1.95 bits per heavy atom. The highest BCUT2D eigenvalue weighted by Gasteiger charge is 2.29. The molecule has 0 fully saturated rings. The number of benzene rings is 2. The van der Waals surface area contributed by atoms with Crippen LogP contribution in [0, 0.1) is 6.92 Å². The molecule has 1 heterocycles.